The zero-order valence-corrected chi connectivity index (χ0v) is 11.6. The third-order valence-electron chi connectivity index (χ3n) is 2.96. The van der Waals surface area contributed by atoms with Crippen molar-refractivity contribution in [2.75, 3.05) is 0 Å². The second kappa shape index (κ2) is 3.56. The van der Waals surface area contributed by atoms with Gasteiger partial charge >= 0.3 is 0 Å². The zero-order valence-electron chi connectivity index (χ0n) is 10.0. The summed E-state index contributed by atoms with van der Waals surface area (Å²) in [5, 5.41) is 0. The maximum absolute atomic E-state index is 11.9. The first-order chi connectivity index (χ1) is 7.30. The van der Waals surface area contributed by atoms with E-state index in [-0.39, 0.29) is 11.2 Å². The van der Waals surface area contributed by atoms with Crippen LogP contribution < -0.4 is 0 Å². The van der Waals surface area contributed by atoms with E-state index in [0.717, 1.165) is 21.2 Å². The second-order valence-corrected chi connectivity index (χ2v) is 6.18. The molecule has 0 fully saturated rings. The summed E-state index contributed by atoms with van der Waals surface area (Å²) in [5.74, 6) is 0.154. The van der Waals surface area contributed by atoms with Crippen LogP contribution in [0.5, 0.6) is 0 Å². The van der Waals surface area contributed by atoms with Crippen molar-refractivity contribution in [1.29, 1.82) is 0 Å². The van der Waals surface area contributed by atoms with Gasteiger partial charge in [0.05, 0.1) is 0 Å². The average Bonchev–Trinajstić information content (AvgIpc) is 2.44. The van der Waals surface area contributed by atoms with Crippen molar-refractivity contribution in [2.24, 2.45) is 0 Å². The topological polar surface area (TPSA) is 17.1 Å². The van der Waals surface area contributed by atoms with E-state index in [0.29, 0.717) is 0 Å². The van der Waals surface area contributed by atoms with Crippen LogP contribution in [0.2, 0.25) is 0 Å². The minimum Gasteiger partial charge on any atom is -0.289 e. The molecule has 0 N–H and O–H groups in total. The average molecular weight is 279 g/mol. The molecular formula is C14H15BrO. The predicted molar refractivity (Wildman–Crippen MR) is 70.8 cm³/mol. The molecule has 1 aliphatic carbocycles. The summed E-state index contributed by atoms with van der Waals surface area (Å²) in [4.78, 5) is 11.9. The summed E-state index contributed by atoms with van der Waals surface area (Å²) in [7, 11) is 0. The SMILES string of the molecule is CC1=Cc2c(Br)cc(C(C)(C)C)cc2C1=O. The Morgan fingerprint density at radius 1 is 1.19 bits per heavy atom. The molecule has 1 aromatic rings. The Kier molecular flexibility index (Phi) is 2.58. The fourth-order valence-corrected chi connectivity index (χ4v) is 2.45. The van der Waals surface area contributed by atoms with E-state index in [1.54, 1.807) is 0 Å². The number of Topliss-reactive ketones (excluding diaryl/α,β-unsaturated/α-hetero) is 1. The molecule has 0 bridgehead atoms. The Labute approximate surface area is 105 Å². The van der Waals surface area contributed by atoms with Crippen LogP contribution in [0, 0.1) is 0 Å². The Bertz CT molecular complexity index is 504. The molecule has 0 amide bonds. The van der Waals surface area contributed by atoms with Crippen LogP contribution in [-0.2, 0) is 5.41 Å². The van der Waals surface area contributed by atoms with Gasteiger partial charge in [-0.05, 0) is 41.7 Å². The van der Waals surface area contributed by atoms with E-state index < -0.39 is 0 Å². The van der Waals surface area contributed by atoms with Crippen LogP contribution in [0.4, 0.5) is 0 Å². The number of carbonyl (C=O) groups is 1. The van der Waals surface area contributed by atoms with Crippen LogP contribution in [-0.4, -0.2) is 5.78 Å². The van der Waals surface area contributed by atoms with Crippen molar-refractivity contribution in [3.63, 3.8) is 0 Å². The van der Waals surface area contributed by atoms with Gasteiger partial charge in [0.25, 0.3) is 0 Å². The van der Waals surface area contributed by atoms with Gasteiger partial charge in [0, 0.05) is 15.6 Å². The Hall–Kier alpha value is -0.890. The lowest BCUT2D eigenvalue weighted by atomic mass is 9.85. The number of hydrogen-bond donors (Lipinski definition) is 0. The van der Waals surface area contributed by atoms with E-state index >= 15 is 0 Å². The quantitative estimate of drug-likeness (QED) is 0.690. The summed E-state index contributed by atoms with van der Waals surface area (Å²) in [6.45, 7) is 8.33. The largest absolute Gasteiger partial charge is 0.289 e. The lowest BCUT2D eigenvalue weighted by Gasteiger charge is -2.20. The number of allylic oxidation sites excluding steroid dienone is 1. The molecule has 2 heteroatoms. The van der Waals surface area contributed by atoms with Crippen LogP contribution in [0.25, 0.3) is 6.08 Å². The van der Waals surface area contributed by atoms with Crippen molar-refractivity contribution in [3.8, 4) is 0 Å². The molecule has 0 aromatic heterocycles. The smallest absolute Gasteiger partial charge is 0.189 e. The highest BCUT2D eigenvalue weighted by Gasteiger charge is 2.24. The zero-order chi connectivity index (χ0) is 12.1. The van der Waals surface area contributed by atoms with Crippen molar-refractivity contribution >= 4 is 27.8 Å². The number of halogens is 1. The molecular weight excluding hydrogens is 264 g/mol. The molecule has 1 nitrogen and oxygen atoms in total. The molecule has 0 unspecified atom stereocenters. The highest BCUT2D eigenvalue weighted by atomic mass is 79.9. The fourth-order valence-electron chi connectivity index (χ4n) is 1.88. The van der Waals surface area contributed by atoms with Gasteiger partial charge in [-0.25, -0.2) is 0 Å². The molecule has 16 heavy (non-hydrogen) atoms. The van der Waals surface area contributed by atoms with E-state index in [1.165, 1.54) is 5.56 Å². The maximum Gasteiger partial charge on any atom is 0.189 e. The van der Waals surface area contributed by atoms with Crippen LogP contribution in [0.15, 0.2) is 22.2 Å². The highest BCUT2D eigenvalue weighted by Crippen LogP contribution is 2.35. The van der Waals surface area contributed by atoms with Crippen molar-refractivity contribution < 1.29 is 4.79 Å². The Morgan fingerprint density at radius 3 is 2.38 bits per heavy atom. The number of hydrogen-bond acceptors (Lipinski definition) is 1. The number of ketones is 1. The summed E-state index contributed by atoms with van der Waals surface area (Å²) in [6, 6.07) is 4.14. The molecule has 0 atom stereocenters. The first-order valence-electron chi connectivity index (χ1n) is 5.38. The molecule has 1 aliphatic rings. The van der Waals surface area contributed by atoms with E-state index in [2.05, 4.69) is 42.8 Å². The number of rotatable bonds is 0. The number of fused-ring (bicyclic) bond motifs is 1. The molecule has 0 radical (unpaired) electrons. The highest BCUT2D eigenvalue weighted by molar-refractivity contribution is 9.10. The molecule has 0 aliphatic heterocycles. The summed E-state index contributed by atoms with van der Waals surface area (Å²) in [5.41, 5.74) is 3.93. The molecule has 0 saturated heterocycles. The van der Waals surface area contributed by atoms with Crippen LogP contribution in [0.1, 0.15) is 49.2 Å². The number of benzene rings is 1. The normalized spacial score (nSPS) is 15.1. The van der Waals surface area contributed by atoms with Crippen molar-refractivity contribution in [2.45, 2.75) is 33.1 Å². The first kappa shape index (κ1) is 11.6. The van der Waals surface area contributed by atoms with Crippen LogP contribution in [0.3, 0.4) is 0 Å². The molecule has 1 aromatic carbocycles. The van der Waals surface area contributed by atoms with E-state index in [9.17, 15) is 4.79 Å². The molecule has 84 valence electrons. The number of carbonyl (C=O) groups excluding carboxylic acids is 1. The predicted octanol–water partition coefficient (Wildman–Crippen LogP) is 4.35. The van der Waals surface area contributed by atoms with Gasteiger partial charge in [-0.15, -0.1) is 0 Å². The molecule has 0 heterocycles. The Morgan fingerprint density at radius 2 is 1.81 bits per heavy atom. The summed E-state index contributed by atoms with van der Waals surface area (Å²) < 4.78 is 1.01. The lowest BCUT2D eigenvalue weighted by molar-refractivity contribution is 0.103. The summed E-state index contributed by atoms with van der Waals surface area (Å²) >= 11 is 3.55. The first-order valence-corrected chi connectivity index (χ1v) is 6.17. The molecule has 0 saturated carbocycles. The van der Waals surface area contributed by atoms with Crippen LogP contribution >= 0.6 is 15.9 Å². The third kappa shape index (κ3) is 1.75. The Balaban J connectivity index is 2.65. The molecule has 0 spiro atoms. The monoisotopic (exact) mass is 278 g/mol. The van der Waals surface area contributed by atoms with Gasteiger partial charge in [-0.1, -0.05) is 36.7 Å². The third-order valence-corrected chi connectivity index (χ3v) is 3.62. The lowest BCUT2D eigenvalue weighted by Crippen LogP contribution is -2.12. The van der Waals surface area contributed by atoms with E-state index in [1.807, 2.05) is 19.1 Å². The van der Waals surface area contributed by atoms with E-state index in [4.69, 9.17) is 0 Å². The maximum atomic E-state index is 11.9. The standard InChI is InChI=1S/C14H15BrO/c1-8-5-10-11(13(8)16)6-9(7-12(10)15)14(2,3)4/h5-7H,1-4H3. The minimum absolute atomic E-state index is 0.0638. The van der Waals surface area contributed by atoms with Crippen molar-refractivity contribution in [1.82, 2.24) is 0 Å². The van der Waals surface area contributed by atoms with Crippen molar-refractivity contribution in [3.05, 3.63) is 38.9 Å². The van der Waals surface area contributed by atoms with Gasteiger partial charge in [0.2, 0.25) is 0 Å². The van der Waals surface area contributed by atoms with Gasteiger partial charge in [-0.2, -0.15) is 0 Å². The minimum atomic E-state index is 0.0638. The second-order valence-electron chi connectivity index (χ2n) is 5.33. The van der Waals surface area contributed by atoms with Gasteiger partial charge in [0.15, 0.2) is 5.78 Å². The summed E-state index contributed by atoms with van der Waals surface area (Å²) in [6.07, 6.45) is 1.95. The van der Waals surface area contributed by atoms with Gasteiger partial charge < -0.3 is 0 Å². The fraction of sp³-hybridized carbons (Fsp3) is 0.357. The van der Waals surface area contributed by atoms with Gasteiger partial charge in [-0.3, -0.25) is 4.79 Å². The molecule has 2 rings (SSSR count). The van der Waals surface area contributed by atoms with Gasteiger partial charge in [0.1, 0.15) is 0 Å².